The Kier molecular flexibility index (Phi) is 4.10. The number of nitrogens with two attached hydrogens (primary N) is 1. The maximum atomic E-state index is 11.6. The fraction of sp³-hybridized carbons (Fsp3) is 0.375. The zero-order valence-corrected chi connectivity index (χ0v) is 11.2. The molecule has 0 unspecified atom stereocenters. The Morgan fingerprint density at radius 2 is 2.39 bits per heavy atom. The lowest BCUT2D eigenvalue weighted by Crippen LogP contribution is -2.15. The van der Waals surface area contributed by atoms with Gasteiger partial charge in [0.2, 0.25) is 16.2 Å². The zero-order chi connectivity index (χ0) is 13.0. The Hall–Kier alpha value is -1.68. The molecule has 0 aliphatic heterocycles. The second-order valence-electron chi connectivity index (χ2n) is 3.21. The lowest BCUT2D eigenvalue weighted by molar-refractivity contribution is -0.113. The van der Waals surface area contributed by atoms with Crippen LogP contribution in [0, 0.1) is 0 Å². The highest BCUT2D eigenvalue weighted by Gasteiger charge is 2.10. The number of aromatic nitrogens is 5. The molecule has 2 heterocycles. The summed E-state index contributed by atoms with van der Waals surface area (Å²) in [6, 6.07) is 0. The summed E-state index contributed by atoms with van der Waals surface area (Å²) in [6.07, 6.45) is 2.18. The molecule has 0 bridgehead atoms. The van der Waals surface area contributed by atoms with Crippen LogP contribution >= 0.6 is 23.1 Å². The van der Waals surface area contributed by atoms with Crippen molar-refractivity contribution in [2.75, 3.05) is 16.9 Å². The van der Waals surface area contributed by atoms with E-state index < -0.39 is 0 Å². The Morgan fingerprint density at radius 3 is 3.00 bits per heavy atom. The topological polar surface area (TPSA) is 112 Å². The van der Waals surface area contributed by atoms with Crippen molar-refractivity contribution in [3.05, 3.63) is 11.3 Å². The number of rotatable bonds is 5. The van der Waals surface area contributed by atoms with Gasteiger partial charge >= 0.3 is 0 Å². The first-order valence-corrected chi connectivity index (χ1v) is 6.89. The number of hydrogen-bond acceptors (Lipinski definition) is 8. The van der Waals surface area contributed by atoms with Gasteiger partial charge in [0.15, 0.2) is 0 Å². The van der Waals surface area contributed by atoms with E-state index >= 15 is 0 Å². The molecule has 18 heavy (non-hydrogen) atoms. The van der Waals surface area contributed by atoms with E-state index in [-0.39, 0.29) is 11.7 Å². The largest absolute Gasteiger partial charge is 0.336 e. The molecule has 2 aromatic heterocycles. The fourth-order valence-electron chi connectivity index (χ4n) is 1.07. The van der Waals surface area contributed by atoms with Gasteiger partial charge in [-0.15, -0.1) is 20.4 Å². The van der Waals surface area contributed by atoms with Crippen LogP contribution in [-0.2, 0) is 11.2 Å². The molecular formula is C8H11N7OS2. The van der Waals surface area contributed by atoms with Crippen LogP contribution in [0.1, 0.15) is 11.9 Å². The summed E-state index contributed by atoms with van der Waals surface area (Å²) in [6.45, 7) is 1.98. The molecule has 0 spiro atoms. The smallest absolute Gasteiger partial charge is 0.236 e. The summed E-state index contributed by atoms with van der Waals surface area (Å²) < 4.78 is 1.26. The van der Waals surface area contributed by atoms with Gasteiger partial charge in [-0.3, -0.25) is 10.1 Å². The van der Waals surface area contributed by atoms with Gasteiger partial charge in [-0.05, 0) is 6.42 Å². The van der Waals surface area contributed by atoms with Crippen molar-refractivity contribution in [3.8, 4) is 0 Å². The minimum absolute atomic E-state index is 0.179. The van der Waals surface area contributed by atoms with E-state index in [4.69, 9.17) is 5.84 Å². The van der Waals surface area contributed by atoms with Crippen molar-refractivity contribution in [2.45, 2.75) is 18.5 Å². The molecule has 0 aromatic carbocycles. The number of amides is 1. The zero-order valence-electron chi connectivity index (χ0n) is 9.53. The summed E-state index contributed by atoms with van der Waals surface area (Å²) in [5, 5.41) is 19.7. The highest BCUT2D eigenvalue weighted by molar-refractivity contribution is 7.99. The molecule has 0 aliphatic rings. The van der Waals surface area contributed by atoms with Gasteiger partial charge in [0.1, 0.15) is 11.3 Å². The molecule has 8 nitrogen and oxygen atoms in total. The van der Waals surface area contributed by atoms with E-state index in [2.05, 4.69) is 25.7 Å². The van der Waals surface area contributed by atoms with Crippen molar-refractivity contribution >= 4 is 34.1 Å². The third kappa shape index (κ3) is 3.17. The van der Waals surface area contributed by atoms with E-state index in [0.717, 1.165) is 11.4 Å². The van der Waals surface area contributed by atoms with Gasteiger partial charge in [-0.1, -0.05) is 30.0 Å². The third-order valence-corrected chi connectivity index (χ3v) is 3.83. The molecule has 96 valence electrons. The average Bonchev–Trinajstić information content (AvgIpc) is 2.96. The number of anilines is 1. The van der Waals surface area contributed by atoms with Crippen molar-refractivity contribution in [1.82, 2.24) is 25.1 Å². The first-order valence-electron chi connectivity index (χ1n) is 5.09. The highest BCUT2D eigenvalue weighted by atomic mass is 32.2. The van der Waals surface area contributed by atoms with Crippen LogP contribution < -0.4 is 11.2 Å². The maximum absolute atomic E-state index is 11.6. The minimum atomic E-state index is -0.179. The number of nitrogens with zero attached hydrogens (tertiary/aromatic N) is 5. The van der Waals surface area contributed by atoms with E-state index in [9.17, 15) is 4.79 Å². The monoisotopic (exact) mass is 285 g/mol. The SMILES string of the molecule is CCc1nnc(NC(=O)CSc2nncn2N)s1. The molecule has 0 saturated heterocycles. The van der Waals surface area contributed by atoms with Crippen molar-refractivity contribution < 1.29 is 4.79 Å². The molecule has 0 aliphatic carbocycles. The third-order valence-electron chi connectivity index (χ3n) is 1.89. The molecule has 3 N–H and O–H groups in total. The number of hydrogen-bond donors (Lipinski definition) is 2. The van der Waals surface area contributed by atoms with E-state index in [0.29, 0.717) is 10.3 Å². The number of aryl methyl sites for hydroxylation is 1. The normalized spacial score (nSPS) is 10.5. The fourth-order valence-corrected chi connectivity index (χ4v) is 2.40. The summed E-state index contributed by atoms with van der Waals surface area (Å²) in [5.41, 5.74) is 0. The number of carbonyl (C=O) groups is 1. The average molecular weight is 285 g/mol. The first-order chi connectivity index (χ1) is 8.69. The van der Waals surface area contributed by atoms with Gasteiger partial charge in [0.25, 0.3) is 0 Å². The molecule has 10 heteroatoms. The lowest BCUT2D eigenvalue weighted by Gasteiger charge is -2.00. The van der Waals surface area contributed by atoms with Crippen molar-refractivity contribution in [2.24, 2.45) is 0 Å². The van der Waals surface area contributed by atoms with E-state index in [1.54, 1.807) is 0 Å². The lowest BCUT2D eigenvalue weighted by atomic mass is 10.5. The molecule has 0 radical (unpaired) electrons. The number of carbonyl (C=O) groups excluding carboxylic acids is 1. The van der Waals surface area contributed by atoms with Crippen LogP contribution in [0.3, 0.4) is 0 Å². The Balaban J connectivity index is 1.84. The van der Waals surface area contributed by atoms with Gasteiger partial charge in [0, 0.05) is 0 Å². The van der Waals surface area contributed by atoms with Gasteiger partial charge in [-0.2, -0.15) is 0 Å². The Labute approximate surface area is 111 Å². The van der Waals surface area contributed by atoms with Gasteiger partial charge in [0.05, 0.1) is 5.75 Å². The van der Waals surface area contributed by atoms with E-state index in [1.807, 2.05) is 6.92 Å². The molecule has 2 aromatic rings. The van der Waals surface area contributed by atoms with Crippen molar-refractivity contribution in [1.29, 1.82) is 0 Å². The number of nitrogens with one attached hydrogen (secondary N) is 1. The molecule has 2 rings (SSSR count). The molecular weight excluding hydrogens is 274 g/mol. The van der Waals surface area contributed by atoms with Gasteiger partial charge < -0.3 is 5.84 Å². The second kappa shape index (κ2) is 5.78. The van der Waals surface area contributed by atoms with Crippen LogP contribution in [0.4, 0.5) is 5.13 Å². The summed E-state index contributed by atoms with van der Waals surface area (Å²) >= 11 is 2.57. The van der Waals surface area contributed by atoms with Crippen LogP contribution in [0.5, 0.6) is 0 Å². The summed E-state index contributed by atoms with van der Waals surface area (Å²) in [5.74, 6) is 5.53. The first kappa shape index (κ1) is 12.8. The Bertz CT molecular complexity index is 537. The van der Waals surface area contributed by atoms with Gasteiger partial charge in [-0.25, -0.2) is 4.68 Å². The highest BCUT2D eigenvalue weighted by Crippen LogP contribution is 2.17. The maximum Gasteiger partial charge on any atom is 0.236 e. The van der Waals surface area contributed by atoms with E-state index in [1.165, 1.54) is 34.1 Å². The molecule has 0 saturated carbocycles. The van der Waals surface area contributed by atoms with Crippen LogP contribution in [0.25, 0.3) is 0 Å². The molecule has 0 fully saturated rings. The van der Waals surface area contributed by atoms with Crippen LogP contribution in [0.15, 0.2) is 11.5 Å². The molecule has 0 atom stereocenters. The number of nitrogen functional groups attached to an aromatic ring is 1. The standard InChI is InChI=1S/C8H11N7OS2/c1-2-6-12-13-7(18-6)11-5(16)3-17-8-14-10-4-15(8)9/h4H,2-3,9H2,1H3,(H,11,13,16). The predicted molar refractivity (Wildman–Crippen MR) is 68.8 cm³/mol. The minimum Gasteiger partial charge on any atom is -0.336 e. The quantitative estimate of drug-likeness (QED) is 0.593. The van der Waals surface area contributed by atoms with Crippen LogP contribution in [-0.4, -0.2) is 36.7 Å². The Morgan fingerprint density at radius 1 is 1.56 bits per heavy atom. The summed E-state index contributed by atoms with van der Waals surface area (Å²) in [7, 11) is 0. The van der Waals surface area contributed by atoms with Crippen molar-refractivity contribution in [3.63, 3.8) is 0 Å². The summed E-state index contributed by atoms with van der Waals surface area (Å²) in [4.78, 5) is 11.6. The molecule has 1 amide bonds. The predicted octanol–water partition coefficient (Wildman–Crippen LogP) is 0.137. The number of thioether (sulfide) groups is 1. The second-order valence-corrected chi connectivity index (χ2v) is 5.22. The van der Waals surface area contributed by atoms with Crippen LogP contribution in [0.2, 0.25) is 0 Å².